The van der Waals surface area contributed by atoms with Crippen LogP contribution in [0, 0.1) is 10.1 Å². The Balaban J connectivity index is 2.38. The average Bonchev–Trinajstić information content (AvgIpc) is 2.69. The number of nitro groups is 1. The number of halogens is 4. The zero-order valence-corrected chi connectivity index (χ0v) is 15.6. The third kappa shape index (κ3) is 5.47. The molecule has 0 saturated carbocycles. The predicted octanol–water partition coefficient (Wildman–Crippen LogP) is 3.78. The first-order valence-electron chi connectivity index (χ1n) is 7.68. The van der Waals surface area contributed by atoms with Crippen LogP contribution in [0.5, 0.6) is 11.6 Å². The Kier molecular flexibility index (Phi) is 7.00. The number of ether oxygens (including phenoxy) is 3. The highest BCUT2D eigenvalue weighted by molar-refractivity contribution is 6.31. The van der Waals surface area contributed by atoms with E-state index in [0.717, 1.165) is 25.3 Å². The van der Waals surface area contributed by atoms with E-state index < -0.39 is 57.3 Å². The van der Waals surface area contributed by atoms with E-state index in [0.29, 0.717) is 12.3 Å². The zero-order chi connectivity index (χ0) is 22.5. The van der Waals surface area contributed by atoms with Crippen molar-refractivity contribution in [3.8, 4) is 11.6 Å². The number of oxime groups is 1. The highest BCUT2D eigenvalue weighted by atomic mass is 35.5. The van der Waals surface area contributed by atoms with Crippen LogP contribution in [0.2, 0.25) is 5.02 Å². The number of benzene rings is 1. The van der Waals surface area contributed by atoms with Gasteiger partial charge in [-0.1, -0.05) is 11.6 Å². The monoisotopic (exact) mass is 449 g/mol. The van der Waals surface area contributed by atoms with Crippen LogP contribution in [-0.2, 0) is 20.4 Å². The van der Waals surface area contributed by atoms with Crippen LogP contribution in [0.1, 0.15) is 11.1 Å². The predicted molar refractivity (Wildman–Crippen MR) is 93.7 cm³/mol. The van der Waals surface area contributed by atoms with Crippen LogP contribution in [0.15, 0.2) is 35.6 Å². The highest BCUT2D eigenvalue weighted by Gasteiger charge is 2.32. The summed E-state index contributed by atoms with van der Waals surface area (Å²) in [6.07, 6.45) is -4.17. The van der Waals surface area contributed by atoms with Crippen molar-refractivity contribution in [2.24, 2.45) is 5.16 Å². The number of pyridine rings is 1. The van der Waals surface area contributed by atoms with Crippen molar-refractivity contribution in [3.05, 3.63) is 56.7 Å². The molecule has 0 aliphatic heterocycles. The lowest BCUT2D eigenvalue weighted by molar-refractivity contribution is -0.385. The number of nitrogens with zero attached hydrogens (tertiary/aromatic N) is 3. The van der Waals surface area contributed by atoms with Gasteiger partial charge in [-0.05, 0) is 17.3 Å². The number of hydrogen-bond acceptors (Lipinski definition) is 9. The molecule has 1 aromatic heterocycles. The topological polar surface area (TPSA) is 133 Å². The van der Waals surface area contributed by atoms with E-state index in [9.17, 15) is 28.1 Å². The maximum atomic E-state index is 12.7. The third-order valence-electron chi connectivity index (χ3n) is 3.39. The number of methoxy groups -OCH3 is 1. The molecule has 1 heterocycles. The summed E-state index contributed by atoms with van der Waals surface area (Å²) < 4.78 is 52.6. The normalized spacial score (nSPS) is 11.7. The van der Waals surface area contributed by atoms with Gasteiger partial charge >= 0.3 is 12.1 Å². The second-order valence-electron chi connectivity index (χ2n) is 5.32. The number of alkyl halides is 3. The Bertz CT molecular complexity index is 999. The summed E-state index contributed by atoms with van der Waals surface area (Å²) in [6.45, 7) is -0.718. The summed E-state index contributed by atoms with van der Waals surface area (Å²) in [5.74, 6) is -2.13. The summed E-state index contributed by atoms with van der Waals surface area (Å²) in [5.41, 5.74) is -2.08. The molecule has 0 radical (unpaired) electrons. The highest BCUT2D eigenvalue weighted by Crippen LogP contribution is 2.35. The summed E-state index contributed by atoms with van der Waals surface area (Å²) >= 11 is 5.76. The van der Waals surface area contributed by atoms with E-state index in [1.165, 1.54) is 0 Å². The molecule has 160 valence electrons. The van der Waals surface area contributed by atoms with Crippen molar-refractivity contribution in [2.45, 2.75) is 6.18 Å². The smallest absolute Gasteiger partial charge is 0.417 e. The second kappa shape index (κ2) is 9.26. The Hall–Kier alpha value is -3.61. The average molecular weight is 450 g/mol. The van der Waals surface area contributed by atoms with Gasteiger partial charge in [0.2, 0.25) is 5.88 Å². The van der Waals surface area contributed by atoms with Gasteiger partial charge in [0.1, 0.15) is 16.3 Å². The van der Waals surface area contributed by atoms with Gasteiger partial charge < -0.3 is 19.4 Å². The Labute approximate surface area is 170 Å². The van der Waals surface area contributed by atoms with Gasteiger partial charge in [-0.25, -0.2) is 9.78 Å². The van der Waals surface area contributed by atoms with E-state index >= 15 is 0 Å². The van der Waals surface area contributed by atoms with Crippen LogP contribution < -0.4 is 4.74 Å². The van der Waals surface area contributed by atoms with Crippen LogP contribution in [-0.4, -0.2) is 40.7 Å². The molecule has 0 bridgehead atoms. The Morgan fingerprint density at radius 3 is 2.60 bits per heavy atom. The fourth-order valence-corrected chi connectivity index (χ4v) is 2.23. The summed E-state index contributed by atoms with van der Waals surface area (Å²) in [5, 5.41) is 22.6. The Morgan fingerprint density at radius 2 is 2.07 bits per heavy atom. The minimum Gasteiger partial charge on any atom is -0.466 e. The number of hydrogen-bond donors (Lipinski definition) is 1. The largest absolute Gasteiger partial charge is 0.466 e. The molecule has 0 saturated heterocycles. The van der Waals surface area contributed by atoms with Crippen molar-refractivity contribution >= 4 is 29.2 Å². The second-order valence-corrected chi connectivity index (χ2v) is 5.72. The molecule has 10 nitrogen and oxygen atoms in total. The number of rotatable bonds is 6. The van der Waals surface area contributed by atoms with E-state index in [1.807, 2.05) is 0 Å². The molecular formula is C16H11ClF3N3O7. The fourth-order valence-electron chi connectivity index (χ4n) is 2.02. The summed E-state index contributed by atoms with van der Waals surface area (Å²) in [7, 11) is 1.07. The van der Waals surface area contributed by atoms with Crippen LogP contribution in [0.25, 0.3) is 0 Å². The summed E-state index contributed by atoms with van der Waals surface area (Å²) in [6, 6.07) is 3.64. The van der Waals surface area contributed by atoms with Crippen molar-refractivity contribution in [2.75, 3.05) is 13.7 Å². The van der Waals surface area contributed by atoms with Gasteiger partial charge in [0.25, 0.3) is 11.6 Å². The van der Waals surface area contributed by atoms with Gasteiger partial charge in [0, 0.05) is 18.3 Å². The zero-order valence-electron chi connectivity index (χ0n) is 14.8. The van der Waals surface area contributed by atoms with E-state index in [2.05, 4.69) is 14.9 Å². The quantitative estimate of drug-likeness (QED) is 0.176. The lowest BCUT2D eigenvalue weighted by atomic mass is 10.1. The van der Waals surface area contributed by atoms with Gasteiger partial charge in [-0.15, -0.1) is 0 Å². The van der Waals surface area contributed by atoms with Crippen molar-refractivity contribution in [3.63, 3.8) is 0 Å². The molecule has 0 aliphatic rings. The SMILES string of the molecule is COC(=O)COC(=NO)c1cc(Oc2ncc(C(F)(F)F)cc2Cl)ccc1[N+](=O)[O-]. The maximum absolute atomic E-state index is 12.7. The number of carbonyl (C=O) groups is 1. The molecule has 2 aromatic rings. The van der Waals surface area contributed by atoms with Crippen molar-refractivity contribution < 1.29 is 42.3 Å². The molecule has 30 heavy (non-hydrogen) atoms. The molecule has 1 N–H and O–H groups in total. The molecule has 0 amide bonds. The lowest BCUT2D eigenvalue weighted by Crippen LogP contribution is -2.17. The van der Waals surface area contributed by atoms with Gasteiger partial charge in [0.05, 0.1) is 17.6 Å². The minimum absolute atomic E-state index is 0.160. The first kappa shape index (κ1) is 22.7. The van der Waals surface area contributed by atoms with Crippen molar-refractivity contribution in [1.82, 2.24) is 4.98 Å². The van der Waals surface area contributed by atoms with Gasteiger partial charge in [-0.3, -0.25) is 10.1 Å². The molecule has 0 spiro atoms. The van der Waals surface area contributed by atoms with E-state index in [1.54, 1.807) is 0 Å². The number of carbonyl (C=O) groups excluding carboxylic acids is 1. The minimum atomic E-state index is -4.67. The Morgan fingerprint density at radius 1 is 1.37 bits per heavy atom. The lowest BCUT2D eigenvalue weighted by Gasteiger charge is -2.12. The van der Waals surface area contributed by atoms with Gasteiger partial charge in [0.15, 0.2) is 6.61 Å². The molecule has 0 fully saturated rings. The maximum Gasteiger partial charge on any atom is 0.417 e. The first-order chi connectivity index (χ1) is 14.1. The molecule has 0 unspecified atom stereocenters. The van der Waals surface area contributed by atoms with Crippen LogP contribution >= 0.6 is 11.6 Å². The van der Waals surface area contributed by atoms with Crippen LogP contribution in [0.4, 0.5) is 18.9 Å². The standard InChI is InChI=1S/C16H11ClF3N3O7/c1-28-13(24)7-29-14(22-25)10-5-9(2-3-12(10)23(26)27)30-15-11(17)4-8(6-21-15)16(18,19)20/h2-6,25H,7H2,1H3. The molecule has 14 heteroatoms. The number of aromatic nitrogens is 1. The third-order valence-corrected chi connectivity index (χ3v) is 3.66. The molecule has 0 atom stereocenters. The summed E-state index contributed by atoms with van der Waals surface area (Å²) in [4.78, 5) is 25.1. The van der Waals surface area contributed by atoms with E-state index in [-0.39, 0.29) is 5.75 Å². The first-order valence-corrected chi connectivity index (χ1v) is 8.05. The van der Waals surface area contributed by atoms with Crippen molar-refractivity contribution in [1.29, 1.82) is 0 Å². The number of nitro benzene ring substituents is 1. The molecule has 0 aliphatic carbocycles. The molecule has 2 rings (SSSR count). The van der Waals surface area contributed by atoms with E-state index in [4.69, 9.17) is 26.3 Å². The number of esters is 1. The van der Waals surface area contributed by atoms with Crippen LogP contribution in [0.3, 0.4) is 0 Å². The fraction of sp³-hybridized carbons (Fsp3) is 0.188. The molecule has 1 aromatic carbocycles. The van der Waals surface area contributed by atoms with Gasteiger partial charge in [-0.2, -0.15) is 13.2 Å². The molecular weight excluding hydrogens is 439 g/mol.